The van der Waals surface area contributed by atoms with Crippen molar-refractivity contribution in [3.8, 4) is 0 Å². The molecule has 1 aromatic heterocycles. The van der Waals surface area contributed by atoms with Crippen molar-refractivity contribution >= 4 is 17.2 Å². The maximum Gasteiger partial charge on any atom is 0.253 e. The van der Waals surface area contributed by atoms with Crippen LogP contribution in [0, 0.1) is 19.7 Å². The Morgan fingerprint density at radius 2 is 2.16 bits per heavy atom. The largest absolute Gasteiger partial charge is 0.336 e. The summed E-state index contributed by atoms with van der Waals surface area (Å²) in [5.74, 6) is -0.409. The number of benzene rings is 1. The summed E-state index contributed by atoms with van der Waals surface area (Å²) in [6, 6.07) is 4.42. The molecular formula is C14H15FN2OS. The molecular weight excluding hydrogens is 263 g/mol. The van der Waals surface area contributed by atoms with Crippen molar-refractivity contribution in [3.63, 3.8) is 0 Å². The van der Waals surface area contributed by atoms with Gasteiger partial charge >= 0.3 is 0 Å². The van der Waals surface area contributed by atoms with Gasteiger partial charge in [0.2, 0.25) is 0 Å². The van der Waals surface area contributed by atoms with E-state index < -0.39 is 0 Å². The Balaban J connectivity index is 2.15. The minimum absolute atomic E-state index is 0.115. The third-order valence-corrected chi connectivity index (χ3v) is 3.90. The van der Waals surface area contributed by atoms with Gasteiger partial charge in [0.25, 0.3) is 5.91 Å². The first-order valence-electron chi connectivity index (χ1n) is 5.89. The van der Waals surface area contributed by atoms with Gasteiger partial charge in [-0.2, -0.15) is 0 Å². The topological polar surface area (TPSA) is 33.2 Å². The lowest BCUT2D eigenvalue weighted by atomic mass is 10.1. The van der Waals surface area contributed by atoms with Gasteiger partial charge in [-0.1, -0.05) is 0 Å². The van der Waals surface area contributed by atoms with Gasteiger partial charge in [0.15, 0.2) is 0 Å². The number of hydrogen-bond donors (Lipinski definition) is 0. The smallest absolute Gasteiger partial charge is 0.253 e. The van der Waals surface area contributed by atoms with E-state index in [1.54, 1.807) is 30.4 Å². The summed E-state index contributed by atoms with van der Waals surface area (Å²) in [6.07, 6.45) is 0. The van der Waals surface area contributed by atoms with E-state index in [1.807, 2.05) is 6.92 Å². The van der Waals surface area contributed by atoms with E-state index in [4.69, 9.17) is 0 Å². The van der Waals surface area contributed by atoms with E-state index in [2.05, 4.69) is 4.98 Å². The molecule has 2 aromatic rings. The van der Waals surface area contributed by atoms with E-state index >= 15 is 0 Å². The molecule has 0 aliphatic carbocycles. The van der Waals surface area contributed by atoms with Crippen LogP contribution in [0.5, 0.6) is 0 Å². The second-order valence-electron chi connectivity index (χ2n) is 4.49. The van der Waals surface area contributed by atoms with Crippen molar-refractivity contribution in [3.05, 3.63) is 51.2 Å². The zero-order valence-corrected chi connectivity index (χ0v) is 11.9. The van der Waals surface area contributed by atoms with Gasteiger partial charge < -0.3 is 4.90 Å². The molecule has 0 unspecified atom stereocenters. The number of nitrogens with zero attached hydrogens (tertiary/aromatic N) is 2. The molecule has 3 nitrogen and oxygen atoms in total. The van der Waals surface area contributed by atoms with E-state index in [-0.39, 0.29) is 11.7 Å². The summed E-state index contributed by atoms with van der Waals surface area (Å²) >= 11 is 1.53. The maximum atomic E-state index is 13.2. The molecule has 1 heterocycles. The van der Waals surface area contributed by atoms with Crippen LogP contribution in [0.3, 0.4) is 0 Å². The van der Waals surface area contributed by atoms with Crippen LogP contribution in [0.2, 0.25) is 0 Å². The highest BCUT2D eigenvalue weighted by Gasteiger charge is 2.14. The zero-order valence-electron chi connectivity index (χ0n) is 11.1. The fourth-order valence-electron chi connectivity index (χ4n) is 1.76. The number of aryl methyl sites for hydroxylation is 2. The number of aromatic nitrogens is 1. The van der Waals surface area contributed by atoms with Crippen molar-refractivity contribution in [1.29, 1.82) is 0 Å². The average molecular weight is 278 g/mol. The van der Waals surface area contributed by atoms with Gasteiger partial charge in [-0.15, -0.1) is 11.3 Å². The Hall–Kier alpha value is -1.75. The van der Waals surface area contributed by atoms with Crippen molar-refractivity contribution in [1.82, 2.24) is 9.88 Å². The van der Waals surface area contributed by atoms with Crippen molar-refractivity contribution in [2.75, 3.05) is 7.05 Å². The fraction of sp³-hybridized carbons (Fsp3) is 0.286. The Labute approximate surface area is 115 Å². The monoisotopic (exact) mass is 278 g/mol. The highest BCUT2D eigenvalue weighted by molar-refractivity contribution is 7.09. The van der Waals surface area contributed by atoms with Crippen LogP contribution in [-0.4, -0.2) is 22.8 Å². The SMILES string of the molecule is Cc1cc(C(=O)N(C)Cc2scnc2C)ccc1F. The molecule has 0 spiro atoms. The summed E-state index contributed by atoms with van der Waals surface area (Å²) < 4.78 is 13.2. The first kappa shape index (κ1) is 13.7. The number of hydrogen-bond acceptors (Lipinski definition) is 3. The number of amides is 1. The van der Waals surface area contributed by atoms with E-state index in [0.29, 0.717) is 17.7 Å². The lowest BCUT2D eigenvalue weighted by Crippen LogP contribution is -2.26. The first-order chi connectivity index (χ1) is 8.99. The summed E-state index contributed by atoms with van der Waals surface area (Å²) in [5, 5.41) is 0. The van der Waals surface area contributed by atoms with Gasteiger partial charge in [0.05, 0.1) is 17.7 Å². The number of thiazole rings is 1. The van der Waals surface area contributed by atoms with E-state index in [1.165, 1.54) is 23.5 Å². The van der Waals surface area contributed by atoms with Crippen LogP contribution < -0.4 is 0 Å². The Morgan fingerprint density at radius 3 is 2.74 bits per heavy atom. The van der Waals surface area contributed by atoms with Gasteiger partial charge in [0, 0.05) is 17.5 Å². The summed E-state index contributed by atoms with van der Waals surface area (Å²) in [4.78, 5) is 19.1. The Morgan fingerprint density at radius 1 is 1.42 bits per heavy atom. The van der Waals surface area contributed by atoms with Crippen LogP contribution in [-0.2, 0) is 6.54 Å². The Kier molecular flexibility index (Phi) is 3.95. The molecule has 0 atom stereocenters. The predicted molar refractivity (Wildman–Crippen MR) is 73.8 cm³/mol. The second-order valence-corrected chi connectivity index (χ2v) is 5.43. The molecule has 100 valence electrons. The molecule has 2 rings (SSSR count). The van der Waals surface area contributed by atoms with E-state index in [9.17, 15) is 9.18 Å². The molecule has 0 N–H and O–H groups in total. The lowest BCUT2D eigenvalue weighted by molar-refractivity contribution is 0.0786. The molecule has 0 saturated carbocycles. The van der Waals surface area contributed by atoms with Crippen LogP contribution in [0.15, 0.2) is 23.7 Å². The second kappa shape index (κ2) is 5.48. The average Bonchev–Trinajstić information content (AvgIpc) is 2.77. The predicted octanol–water partition coefficient (Wildman–Crippen LogP) is 3.17. The lowest BCUT2D eigenvalue weighted by Gasteiger charge is -2.17. The number of halogens is 1. The maximum absolute atomic E-state index is 13.2. The minimum atomic E-state index is -0.294. The number of carbonyl (C=O) groups is 1. The highest BCUT2D eigenvalue weighted by Crippen LogP contribution is 2.16. The molecule has 0 bridgehead atoms. The molecule has 19 heavy (non-hydrogen) atoms. The summed E-state index contributed by atoms with van der Waals surface area (Å²) in [5.41, 5.74) is 3.70. The molecule has 0 saturated heterocycles. The van der Waals surface area contributed by atoms with E-state index in [0.717, 1.165) is 10.6 Å². The van der Waals surface area contributed by atoms with Crippen LogP contribution in [0.1, 0.15) is 26.5 Å². The molecule has 1 aromatic carbocycles. The normalized spacial score (nSPS) is 10.5. The zero-order chi connectivity index (χ0) is 14.0. The first-order valence-corrected chi connectivity index (χ1v) is 6.77. The molecule has 0 aliphatic rings. The minimum Gasteiger partial charge on any atom is -0.336 e. The van der Waals surface area contributed by atoms with Crippen molar-refractivity contribution in [2.45, 2.75) is 20.4 Å². The van der Waals surface area contributed by atoms with Crippen molar-refractivity contribution < 1.29 is 9.18 Å². The standard InChI is InChI=1S/C14H15FN2OS/c1-9-6-11(4-5-12(9)15)14(18)17(3)7-13-10(2)16-8-19-13/h4-6,8H,7H2,1-3H3. The van der Waals surface area contributed by atoms with Crippen LogP contribution >= 0.6 is 11.3 Å². The van der Waals surface area contributed by atoms with Gasteiger partial charge in [-0.05, 0) is 37.6 Å². The quantitative estimate of drug-likeness (QED) is 0.864. The van der Waals surface area contributed by atoms with Gasteiger partial charge in [0.1, 0.15) is 5.82 Å². The molecule has 0 fully saturated rings. The molecule has 0 radical (unpaired) electrons. The number of rotatable bonds is 3. The third-order valence-electron chi connectivity index (χ3n) is 2.98. The van der Waals surface area contributed by atoms with Gasteiger partial charge in [-0.3, -0.25) is 4.79 Å². The summed E-state index contributed by atoms with van der Waals surface area (Å²) in [7, 11) is 1.74. The Bertz CT molecular complexity index is 609. The number of carbonyl (C=O) groups excluding carboxylic acids is 1. The van der Waals surface area contributed by atoms with Crippen molar-refractivity contribution in [2.24, 2.45) is 0 Å². The highest BCUT2D eigenvalue weighted by atomic mass is 32.1. The van der Waals surface area contributed by atoms with Crippen LogP contribution in [0.25, 0.3) is 0 Å². The summed E-state index contributed by atoms with van der Waals surface area (Å²) in [6.45, 7) is 4.09. The van der Waals surface area contributed by atoms with Crippen LogP contribution in [0.4, 0.5) is 4.39 Å². The molecule has 1 amide bonds. The third kappa shape index (κ3) is 2.98. The molecule has 5 heteroatoms. The fourth-order valence-corrected chi connectivity index (χ4v) is 2.59. The molecule has 0 aliphatic heterocycles. The van der Waals surface area contributed by atoms with Gasteiger partial charge in [-0.25, -0.2) is 9.37 Å².